The quantitative estimate of drug-likeness (QED) is 0.814. The molecule has 3 rings (SSSR count). The van der Waals surface area contributed by atoms with Crippen LogP contribution in [-0.2, 0) is 9.84 Å². The number of alkyl halides is 3. The largest absolute Gasteiger partial charge is 0.501 e. The van der Waals surface area contributed by atoms with Gasteiger partial charge in [-0.15, -0.1) is 11.3 Å². The number of thiophene rings is 1. The van der Waals surface area contributed by atoms with Gasteiger partial charge in [0.05, 0.1) is 10.9 Å². The lowest BCUT2D eigenvalue weighted by molar-refractivity contribution is -0.0436. The molecule has 1 saturated heterocycles. The molecule has 3 nitrogen and oxygen atoms in total. The molecule has 1 aliphatic rings. The fourth-order valence-corrected chi connectivity index (χ4v) is 4.44. The third-order valence-electron chi connectivity index (χ3n) is 3.91. The molecule has 0 aliphatic carbocycles. The summed E-state index contributed by atoms with van der Waals surface area (Å²) in [6.07, 6.45) is 1.97. The van der Waals surface area contributed by atoms with Gasteiger partial charge in [0.1, 0.15) is 0 Å². The Balaban J connectivity index is 1.88. The van der Waals surface area contributed by atoms with E-state index in [0.29, 0.717) is 0 Å². The zero-order valence-corrected chi connectivity index (χ0v) is 13.6. The molecule has 1 aliphatic heterocycles. The Bertz CT molecular complexity index is 768. The number of sulfone groups is 1. The lowest BCUT2D eigenvalue weighted by Gasteiger charge is -2.26. The van der Waals surface area contributed by atoms with E-state index in [2.05, 4.69) is 4.90 Å². The van der Waals surface area contributed by atoms with Crippen LogP contribution in [0.15, 0.2) is 46.7 Å². The zero-order chi connectivity index (χ0) is 16.7. The van der Waals surface area contributed by atoms with Gasteiger partial charge in [-0.2, -0.15) is 13.2 Å². The number of hydrogen-bond donors (Lipinski definition) is 0. The molecule has 0 radical (unpaired) electrons. The molecule has 1 aromatic carbocycles. The Kier molecular flexibility index (Phi) is 4.14. The molecule has 0 N–H and O–H groups in total. The second-order valence-corrected chi connectivity index (χ2v) is 8.23. The molecule has 23 heavy (non-hydrogen) atoms. The highest BCUT2D eigenvalue weighted by Gasteiger charge is 2.46. The van der Waals surface area contributed by atoms with Crippen LogP contribution in [0.25, 0.3) is 0 Å². The topological polar surface area (TPSA) is 37.4 Å². The number of hydrogen-bond acceptors (Lipinski definition) is 4. The highest BCUT2D eigenvalue weighted by molar-refractivity contribution is 7.92. The van der Waals surface area contributed by atoms with Gasteiger partial charge in [0, 0.05) is 17.1 Å². The molecule has 0 saturated carbocycles. The molecule has 8 heteroatoms. The minimum Gasteiger partial charge on any atom is -0.364 e. The SMILES string of the molecule is O=S(=O)(c1ccc(N2CCC[C@@H]2c2cccs2)cc1)C(F)(F)F. The Morgan fingerprint density at radius 1 is 1.13 bits per heavy atom. The molecule has 0 unspecified atom stereocenters. The minimum absolute atomic E-state index is 0.195. The van der Waals surface area contributed by atoms with Gasteiger partial charge in [0.15, 0.2) is 0 Å². The van der Waals surface area contributed by atoms with Crippen molar-refractivity contribution in [3.05, 3.63) is 46.7 Å². The van der Waals surface area contributed by atoms with Crippen LogP contribution < -0.4 is 4.90 Å². The van der Waals surface area contributed by atoms with Crippen molar-refractivity contribution in [1.82, 2.24) is 0 Å². The van der Waals surface area contributed by atoms with Gasteiger partial charge >= 0.3 is 5.51 Å². The van der Waals surface area contributed by atoms with Crippen molar-refractivity contribution in [2.24, 2.45) is 0 Å². The van der Waals surface area contributed by atoms with Crippen LogP contribution >= 0.6 is 11.3 Å². The predicted molar refractivity (Wildman–Crippen MR) is 83.3 cm³/mol. The standard InChI is InChI=1S/C15H14F3NO2S2/c16-15(17,18)23(20,21)12-7-5-11(6-8-12)19-9-1-3-13(19)14-4-2-10-22-14/h2,4-8,10,13H,1,3,9H2/t13-/m1/s1. The van der Waals surface area contributed by atoms with Crippen molar-refractivity contribution in [1.29, 1.82) is 0 Å². The Hall–Kier alpha value is -1.54. The van der Waals surface area contributed by atoms with Gasteiger partial charge in [-0.3, -0.25) is 0 Å². The summed E-state index contributed by atoms with van der Waals surface area (Å²) in [4.78, 5) is 2.59. The highest BCUT2D eigenvalue weighted by Crippen LogP contribution is 2.39. The molecule has 0 spiro atoms. The minimum atomic E-state index is -5.29. The van der Waals surface area contributed by atoms with Crippen LogP contribution in [0.4, 0.5) is 18.9 Å². The fourth-order valence-electron chi connectivity index (χ4n) is 2.80. The van der Waals surface area contributed by atoms with E-state index in [-0.39, 0.29) is 6.04 Å². The summed E-state index contributed by atoms with van der Waals surface area (Å²) in [7, 11) is -5.29. The summed E-state index contributed by atoms with van der Waals surface area (Å²) in [5, 5.41) is 1.99. The maximum absolute atomic E-state index is 12.6. The van der Waals surface area contributed by atoms with Gasteiger partial charge in [0.2, 0.25) is 0 Å². The molecule has 1 fully saturated rings. The first-order valence-corrected chi connectivity index (χ1v) is 9.38. The molecular formula is C15H14F3NO2S2. The van der Waals surface area contributed by atoms with Crippen molar-refractivity contribution in [2.45, 2.75) is 29.3 Å². The van der Waals surface area contributed by atoms with E-state index in [4.69, 9.17) is 0 Å². The van der Waals surface area contributed by atoms with Crippen LogP contribution in [-0.4, -0.2) is 20.5 Å². The van der Waals surface area contributed by atoms with Gasteiger partial charge in [-0.25, -0.2) is 8.42 Å². The number of benzene rings is 1. The number of nitrogens with zero attached hydrogens (tertiary/aromatic N) is 1. The molecule has 1 aromatic heterocycles. The van der Waals surface area contributed by atoms with Crippen molar-refractivity contribution in [3.63, 3.8) is 0 Å². The smallest absolute Gasteiger partial charge is 0.364 e. The predicted octanol–water partition coefficient (Wildman–Crippen LogP) is 4.38. The van der Waals surface area contributed by atoms with Crippen LogP contribution in [0.3, 0.4) is 0 Å². The molecule has 2 aromatic rings. The lowest BCUT2D eigenvalue weighted by atomic mass is 10.1. The summed E-state index contributed by atoms with van der Waals surface area (Å²) in [6, 6.07) is 9.16. The Morgan fingerprint density at radius 3 is 2.39 bits per heavy atom. The van der Waals surface area contributed by atoms with E-state index in [1.54, 1.807) is 11.3 Å². The van der Waals surface area contributed by atoms with Gasteiger partial charge in [-0.05, 0) is 48.6 Å². The summed E-state index contributed by atoms with van der Waals surface area (Å²) in [5.74, 6) is 0. The molecule has 1 atom stereocenters. The van der Waals surface area contributed by atoms with E-state index in [1.165, 1.54) is 17.0 Å². The molecular weight excluding hydrogens is 347 g/mol. The van der Waals surface area contributed by atoms with Gasteiger partial charge < -0.3 is 4.90 Å². The third kappa shape index (κ3) is 2.97. The maximum Gasteiger partial charge on any atom is 0.501 e. The van der Waals surface area contributed by atoms with Crippen LogP contribution in [0, 0.1) is 0 Å². The molecule has 0 amide bonds. The van der Waals surface area contributed by atoms with Crippen LogP contribution in [0.1, 0.15) is 23.8 Å². The van der Waals surface area contributed by atoms with E-state index >= 15 is 0 Å². The Morgan fingerprint density at radius 2 is 1.83 bits per heavy atom. The maximum atomic E-state index is 12.6. The number of rotatable bonds is 3. The summed E-state index contributed by atoms with van der Waals surface area (Å²) in [6.45, 7) is 0.800. The second kappa shape index (κ2) is 5.83. The first-order chi connectivity index (χ1) is 10.8. The zero-order valence-electron chi connectivity index (χ0n) is 12.0. The average Bonchev–Trinajstić information content (AvgIpc) is 3.17. The van der Waals surface area contributed by atoms with Gasteiger partial charge in [0.25, 0.3) is 9.84 Å². The normalized spacial score (nSPS) is 19.3. The van der Waals surface area contributed by atoms with Crippen molar-refractivity contribution in [3.8, 4) is 0 Å². The second-order valence-electron chi connectivity index (χ2n) is 5.31. The van der Waals surface area contributed by atoms with E-state index in [9.17, 15) is 21.6 Å². The third-order valence-corrected chi connectivity index (χ3v) is 6.38. The van der Waals surface area contributed by atoms with Crippen molar-refractivity contribution < 1.29 is 21.6 Å². The van der Waals surface area contributed by atoms with Crippen molar-refractivity contribution in [2.75, 3.05) is 11.4 Å². The lowest BCUT2D eigenvalue weighted by Crippen LogP contribution is -2.24. The van der Waals surface area contributed by atoms with E-state index in [1.807, 2.05) is 17.5 Å². The van der Waals surface area contributed by atoms with Crippen LogP contribution in [0.2, 0.25) is 0 Å². The average molecular weight is 361 g/mol. The van der Waals surface area contributed by atoms with E-state index < -0.39 is 20.2 Å². The van der Waals surface area contributed by atoms with Crippen LogP contribution in [0.5, 0.6) is 0 Å². The first-order valence-electron chi connectivity index (χ1n) is 7.02. The van der Waals surface area contributed by atoms with E-state index in [0.717, 1.165) is 37.2 Å². The fraction of sp³-hybridized carbons (Fsp3) is 0.333. The number of halogens is 3. The molecule has 124 valence electrons. The first kappa shape index (κ1) is 16.3. The summed E-state index contributed by atoms with van der Waals surface area (Å²) < 4.78 is 60.5. The Labute approximate surface area is 136 Å². The van der Waals surface area contributed by atoms with Gasteiger partial charge in [-0.1, -0.05) is 6.07 Å². The number of anilines is 1. The summed E-state index contributed by atoms with van der Waals surface area (Å²) in [5.41, 5.74) is -4.54. The monoisotopic (exact) mass is 361 g/mol. The highest BCUT2D eigenvalue weighted by atomic mass is 32.2. The molecule has 2 heterocycles. The summed E-state index contributed by atoms with van der Waals surface area (Å²) >= 11 is 1.64. The van der Waals surface area contributed by atoms with Crippen molar-refractivity contribution >= 4 is 26.9 Å². The molecule has 0 bridgehead atoms.